The number of carbonyl (C=O) groups excluding carboxylic acids is 1. The molecular weight excluding hydrogens is 274 g/mol. The Morgan fingerprint density at radius 2 is 1.95 bits per heavy atom. The van der Waals surface area contributed by atoms with Crippen LogP contribution in [0.25, 0.3) is 0 Å². The van der Waals surface area contributed by atoms with Crippen LogP contribution in [-0.2, 0) is 0 Å². The highest BCUT2D eigenvalue weighted by Crippen LogP contribution is 2.30. The molecule has 4 nitrogen and oxygen atoms in total. The number of nitrogens with zero attached hydrogens (tertiary/aromatic N) is 2. The van der Waals surface area contributed by atoms with Gasteiger partial charge in [0.05, 0.1) is 12.2 Å². The van der Waals surface area contributed by atoms with Gasteiger partial charge in [-0.2, -0.15) is 5.10 Å². The number of anilines is 1. The van der Waals surface area contributed by atoms with Crippen molar-refractivity contribution in [2.75, 3.05) is 5.32 Å². The summed E-state index contributed by atoms with van der Waals surface area (Å²) in [5, 5.41) is 7.46. The van der Waals surface area contributed by atoms with Gasteiger partial charge in [-0.3, -0.25) is 4.79 Å². The van der Waals surface area contributed by atoms with Crippen molar-refractivity contribution in [2.45, 2.75) is 52.0 Å². The summed E-state index contributed by atoms with van der Waals surface area (Å²) in [6.45, 7) is 4.01. The van der Waals surface area contributed by atoms with Gasteiger partial charge in [-0.15, -0.1) is 0 Å². The summed E-state index contributed by atoms with van der Waals surface area (Å²) in [5.74, 6) is 0.747. The largest absolute Gasteiger partial charge is 0.307 e. The van der Waals surface area contributed by atoms with Crippen LogP contribution in [0, 0.1) is 13.8 Å². The lowest BCUT2D eigenvalue weighted by Crippen LogP contribution is -2.20. The first-order chi connectivity index (χ1) is 10.7. The van der Waals surface area contributed by atoms with Crippen molar-refractivity contribution in [3.05, 3.63) is 47.2 Å². The van der Waals surface area contributed by atoms with Gasteiger partial charge < -0.3 is 5.32 Å². The van der Waals surface area contributed by atoms with Crippen LogP contribution in [0.1, 0.15) is 59.6 Å². The fraction of sp³-hybridized carbons (Fsp3) is 0.444. The van der Waals surface area contributed by atoms with Gasteiger partial charge in [0.15, 0.2) is 0 Å². The number of aromatic nitrogens is 2. The first kappa shape index (κ1) is 14.8. The third kappa shape index (κ3) is 2.91. The van der Waals surface area contributed by atoms with E-state index in [1.165, 1.54) is 19.3 Å². The fourth-order valence-corrected chi connectivity index (χ4v) is 3.21. The van der Waals surface area contributed by atoms with Gasteiger partial charge in [0.2, 0.25) is 0 Å². The number of amides is 1. The number of nitrogens with one attached hydrogen (secondary N) is 1. The molecule has 0 bridgehead atoms. The van der Waals surface area contributed by atoms with Crippen LogP contribution in [0.2, 0.25) is 0 Å². The summed E-state index contributed by atoms with van der Waals surface area (Å²) < 4.78 is 1.99. The van der Waals surface area contributed by atoms with Crippen LogP contribution in [0.3, 0.4) is 0 Å². The van der Waals surface area contributed by atoms with E-state index in [2.05, 4.69) is 10.4 Å². The third-order valence-electron chi connectivity index (χ3n) is 4.68. The molecule has 116 valence electrons. The number of rotatable bonds is 3. The monoisotopic (exact) mass is 297 g/mol. The Morgan fingerprint density at radius 1 is 1.18 bits per heavy atom. The molecule has 0 unspecified atom stereocenters. The zero-order valence-electron chi connectivity index (χ0n) is 13.3. The standard InChI is InChI=1S/C18H23N3O/c1-13-7-6-10-16(14(13)2)18(22)20-17-11-12-19-21(17)15-8-4-3-5-9-15/h6-7,10-12,15H,3-5,8-9H2,1-2H3,(H,20,22). The molecule has 22 heavy (non-hydrogen) atoms. The average Bonchev–Trinajstić information content (AvgIpc) is 2.99. The summed E-state index contributed by atoms with van der Waals surface area (Å²) >= 11 is 0. The van der Waals surface area contributed by atoms with Crippen LogP contribution in [0.5, 0.6) is 0 Å². The predicted molar refractivity (Wildman–Crippen MR) is 88.2 cm³/mol. The Hall–Kier alpha value is -2.10. The summed E-state index contributed by atoms with van der Waals surface area (Å²) in [4.78, 5) is 12.6. The second-order valence-corrected chi connectivity index (χ2v) is 6.15. The number of aryl methyl sites for hydroxylation is 1. The molecule has 1 heterocycles. The Morgan fingerprint density at radius 3 is 2.73 bits per heavy atom. The number of benzene rings is 1. The minimum atomic E-state index is -0.0567. The van der Waals surface area contributed by atoms with Crippen LogP contribution in [0.15, 0.2) is 30.5 Å². The molecule has 3 rings (SSSR count). The van der Waals surface area contributed by atoms with Crippen molar-refractivity contribution in [3.63, 3.8) is 0 Å². The molecule has 0 spiro atoms. The van der Waals surface area contributed by atoms with Crippen molar-refractivity contribution in [3.8, 4) is 0 Å². The number of carbonyl (C=O) groups is 1. The molecule has 1 amide bonds. The SMILES string of the molecule is Cc1cccc(C(=O)Nc2ccnn2C2CCCCC2)c1C. The molecular formula is C18H23N3O. The van der Waals surface area contributed by atoms with Crippen molar-refractivity contribution in [1.29, 1.82) is 0 Å². The van der Waals surface area contributed by atoms with Crippen molar-refractivity contribution < 1.29 is 4.79 Å². The first-order valence-electron chi connectivity index (χ1n) is 8.08. The van der Waals surface area contributed by atoms with E-state index < -0.39 is 0 Å². The van der Waals surface area contributed by atoms with Gasteiger partial charge in [-0.05, 0) is 43.9 Å². The molecule has 0 radical (unpaired) electrons. The molecule has 1 N–H and O–H groups in total. The summed E-state index contributed by atoms with van der Waals surface area (Å²) in [6.07, 6.45) is 7.86. The van der Waals surface area contributed by atoms with Gasteiger partial charge in [0, 0.05) is 11.6 Å². The molecule has 2 aromatic rings. The number of hydrogen-bond donors (Lipinski definition) is 1. The van der Waals surface area contributed by atoms with Gasteiger partial charge in [-0.1, -0.05) is 31.4 Å². The molecule has 1 saturated carbocycles. The van der Waals surface area contributed by atoms with Gasteiger partial charge in [0.25, 0.3) is 5.91 Å². The maximum absolute atomic E-state index is 12.6. The Bertz CT molecular complexity index is 669. The summed E-state index contributed by atoms with van der Waals surface area (Å²) in [7, 11) is 0. The Labute approximate surface area is 131 Å². The van der Waals surface area contributed by atoms with E-state index in [9.17, 15) is 4.79 Å². The molecule has 0 aliphatic heterocycles. The van der Waals surface area contributed by atoms with E-state index in [4.69, 9.17) is 0 Å². The zero-order valence-corrected chi connectivity index (χ0v) is 13.3. The summed E-state index contributed by atoms with van der Waals surface area (Å²) in [6, 6.07) is 8.13. The second kappa shape index (κ2) is 6.34. The topological polar surface area (TPSA) is 46.9 Å². The van der Waals surface area contributed by atoms with Crippen LogP contribution >= 0.6 is 0 Å². The van der Waals surface area contributed by atoms with E-state index in [0.717, 1.165) is 35.3 Å². The average molecular weight is 297 g/mol. The lowest BCUT2D eigenvalue weighted by molar-refractivity contribution is 0.102. The zero-order chi connectivity index (χ0) is 15.5. The molecule has 1 aromatic carbocycles. The van der Waals surface area contributed by atoms with Crippen molar-refractivity contribution in [1.82, 2.24) is 9.78 Å². The van der Waals surface area contributed by atoms with Gasteiger partial charge >= 0.3 is 0 Å². The Balaban J connectivity index is 1.80. The van der Waals surface area contributed by atoms with Crippen molar-refractivity contribution >= 4 is 11.7 Å². The first-order valence-corrected chi connectivity index (χ1v) is 8.08. The van der Waals surface area contributed by atoms with E-state index in [-0.39, 0.29) is 5.91 Å². The van der Waals surface area contributed by atoms with E-state index >= 15 is 0 Å². The molecule has 1 fully saturated rings. The maximum atomic E-state index is 12.6. The molecule has 0 saturated heterocycles. The number of hydrogen-bond acceptors (Lipinski definition) is 2. The molecule has 1 aliphatic carbocycles. The predicted octanol–water partition coefficient (Wildman–Crippen LogP) is 4.26. The highest BCUT2D eigenvalue weighted by molar-refractivity contribution is 6.05. The third-order valence-corrected chi connectivity index (χ3v) is 4.68. The maximum Gasteiger partial charge on any atom is 0.257 e. The lowest BCUT2D eigenvalue weighted by Gasteiger charge is -2.24. The van der Waals surface area contributed by atoms with Crippen LogP contribution in [0.4, 0.5) is 5.82 Å². The van der Waals surface area contributed by atoms with E-state index in [1.54, 1.807) is 6.20 Å². The smallest absolute Gasteiger partial charge is 0.257 e. The quantitative estimate of drug-likeness (QED) is 0.920. The van der Waals surface area contributed by atoms with Crippen LogP contribution in [-0.4, -0.2) is 15.7 Å². The van der Waals surface area contributed by atoms with Gasteiger partial charge in [-0.25, -0.2) is 4.68 Å². The van der Waals surface area contributed by atoms with Gasteiger partial charge in [0.1, 0.15) is 5.82 Å². The van der Waals surface area contributed by atoms with Crippen molar-refractivity contribution in [2.24, 2.45) is 0 Å². The highest BCUT2D eigenvalue weighted by Gasteiger charge is 2.20. The normalized spacial score (nSPS) is 15.7. The summed E-state index contributed by atoms with van der Waals surface area (Å²) in [5.41, 5.74) is 2.90. The second-order valence-electron chi connectivity index (χ2n) is 6.15. The Kier molecular flexibility index (Phi) is 4.27. The lowest BCUT2D eigenvalue weighted by atomic mass is 9.96. The minimum Gasteiger partial charge on any atom is -0.307 e. The van der Waals surface area contributed by atoms with E-state index in [1.807, 2.05) is 42.8 Å². The van der Waals surface area contributed by atoms with Crippen LogP contribution < -0.4 is 5.32 Å². The minimum absolute atomic E-state index is 0.0567. The fourth-order valence-electron chi connectivity index (χ4n) is 3.21. The highest BCUT2D eigenvalue weighted by atomic mass is 16.1. The molecule has 0 atom stereocenters. The molecule has 1 aromatic heterocycles. The molecule has 1 aliphatic rings. The molecule has 4 heteroatoms. The van der Waals surface area contributed by atoms with E-state index in [0.29, 0.717) is 6.04 Å².